The van der Waals surface area contributed by atoms with E-state index in [0.29, 0.717) is 5.41 Å². The van der Waals surface area contributed by atoms with Crippen molar-refractivity contribution in [2.75, 3.05) is 0 Å². The third-order valence-electron chi connectivity index (χ3n) is 8.79. The third kappa shape index (κ3) is 4.26. The molecule has 0 aromatic heterocycles. The average molecular weight is 388 g/mol. The van der Waals surface area contributed by atoms with Gasteiger partial charge in [-0.15, -0.1) is 0 Å². The molecule has 160 valence electrons. The van der Waals surface area contributed by atoms with E-state index in [1.165, 1.54) is 51.4 Å². The molecule has 3 heteroatoms. The van der Waals surface area contributed by atoms with Gasteiger partial charge in [0.1, 0.15) is 0 Å². The van der Waals surface area contributed by atoms with Gasteiger partial charge in [0.15, 0.2) is 0 Å². The van der Waals surface area contributed by atoms with Gasteiger partial charge in [0.25, 0.3) is 0 Å². The Labute approximate surface area is 175 Å². The zero-order valence-corrected chi connectivity index (χ0v) is 19.9. The van der Waals surface area contributed by atoms with Gasteiger partial charge >= 0.3 is 7.12 Å². The molecule has 1 heterocycles. The minimum atomic E-state index is -0.240. The zero-order chi connectivity index (χ0) is 20.7. The molecule has 2 aliphatic carbocycles. The van der Waals surface area contributed by atoms with Crippen molar-refractivity contribution in [3.8, 4) is 0 Å². The van der Waals surface area contributed by atoms with E-state index in [2.05, 4.69) is 61.4 Å². The minimum Gasteiger partial charge on any atom is -0.400 e. The first-order valence-corrected chi connectivity index (χ1v) is 12.0. The summed E-state index contributed by atoms with van der Waals surface area (Å²) in [5, 5.41) is 0. The molecule has 0 spiro atoms. The first-order chi connectivity index (χ1) is 13.0. The maximum absolute atomic E-state index is 6.30. The van der Waals surface area contributed by atoms with Crippen LogP contribution in [0.25, 0.3) is 0 Å². The number of allylic oxidation sites excluding steroid dienone is 1. The van der Waals surface area contributed by atoms with Crippen LogP contribution in [0.5, 0.6) is 0 Å². The second-order valence-electron chi connectivity index (χ2n) is 11.8. The van der Waals surface area contributed by atoms with Gasteiger partial charge in [-0.25, -0.2) is 0 Å². The van der Waals surface area contributed by atoms with Crippen LogP contribution in [-0.2, 0) is 9.31 Å². The van der Waals surface area contributed by atoms with Crippen molar-refractivity contribution in [2.45, 2.75) is 118 Å². The van der Waals surface area contributed by atoms with Crippen LogP contribution in [0.1, 0.15) is 107 Å². The first-order valence-electron chi connectivity index (χ1n) is 12.0. The maximum atomic E-state index is 6.30. The quantitative estimate of drug-likeness (QED) is 0.447. The van der Waals surface area contributed by atoms with Crippen LogP contribution in [0.2, 0.25) is 0 Å². The van der Waals surface area contributed by atoms with E-state index in [1.54, 1.807) is 5.57 Å². The Morgan fingerprint density at radius 3 is 2.25 bits per heavy atom. The van der Waals surface area contributed by atoms with E-state index in [-0.39, 0.29) is 18.3 Å². The topological polar surface area (TPSA) is 18.5 Å². The van der Waals surface area contributed by atoms with Gasteiger partial charge < -0.3 is 9.31 Å². The van der Waals surface area contributed by atoms with Crippen LogP contribution in [0.3, 0.4) is 0 Å². The van der Waals surface area contributed by atoms with Crippen molar-refractivity contribution in [3.63, 3.8) is 0 Å². The Hall–Kier alpha value is -0.275. The molecule has 3 fully saturated rings. The molecule has 0 amide bonds. The molecule has 2 nitrogen and oxygen atoms in total. The molecule has 3 rings (SSSR count). The predicted molar refractivity (Wildman–Crippen MR) is 120 cm³/mol. The van der Waals surface area contributed by atoms with Crippen LogP contribution in [0.4, 0.5) is 0 Å². The highest BCUT2D eigenvalue weighted by Crippen LogP contribution is 2.60. The Morgan fingerprint density at radius 2 is 1.64 bits per heavy atom. The lowest BCUT2D eigenvalue weighted by Gasteiger charge is -2.44. The van der Waals surface area contributed by atoms with Gasteiger partial charge in [-0.1, -0.05) is 58.5 Å². The molecule has 0 N–H and O–H groups in total. The molecular weight excluding hydrogens is 343 g/mol. The Bertz CT molecular complexity index is 563. The second kappa shape index (κ2) is 8.10. The Morgan fingerprint density at radius 1 is 1.00 bits per heavy atom. The van der Waals surface area contributed by atoms with Crippen molar-refractivity contribution in [3.05, 3.63) is 11.5 Å². The largest absolute Gasteiger partial charge is 0.487 e. The van der Waals surface area contributed by atoms with Crippen molar-refractivity contribution in [1.82, 2.24) is 0 Å². The summed E-state index contributed by atoms with van der Waals surface area (Å²) in [6.45, 7) is 18.5. The maximum Gasteiger partial charge on any atom is 0.487 e. The summed E-state index contributed by atoms with van der Waals surface area (Å²) < 4.78 is 12.6. The highest BCUT2D eigenvalue weighted by molar-refractivity contribution is 6.51. The fourth-order valence-corrected chi connectivity index (χ4v) is 6.40. The summed E-state index contributed by atoms with van der Waals surface area (Å²) in [7, 11) is -0.176. The molecule has 1 aliphatic heterocycles. The van der Waals surface area contributed by atoms with Crippen LogP contribution in [0, 0.1) is 29.1 Å². The van der Waals surface area contributed by atoms with Crippen molar-refractivity contribution in [1.29, 1.82) is 0 Å². The SMILES string of the molecule is CC(C)CCC[C@@H](C)C1CCC2/C(=C/B3OC(C)(C)C(C)(C)O3)CCC[C@@]21C. The number of rotatable bonds is 6. The van der Waals surface area contributed by atoms with E-state index in [4.69, 9.17) is 9.31 Å². The monoisotopic (exact) mass is 388 g/mol. The van der Waals surface area contributed by atoms with Gasteiger partial charge in [-0.3, -0.25) is 0 Å². The molecule has 0 radical (unpaired) electrons. The summed E-state index contributed by atoms with van der Waals surface area (Å²) in [5.41, 5.74) is 1.63. The Kier molecular flexibility index (Phi) is 6.48. The summed E-state index contributed by atoms with van der Waals surface area (Å²) in [5.74, 6) is 5.67. The summed E-state index contributed by atoms with van der Waals surface area (Å²) in [6, 6.07) is 0. The lowest BCUT2D eigenvalue weighted by Crippen LogP contribution is -2.41. The Balaban J connectivity index is 1.70. The van der Waals surface area contributed by atoms with Gasteiger partial charge in [0, 0.05) is 0 Å². The first kappa shape index (κ1) is 22.4. The van der Waals surface area contributed by atoms with E-state index < -0.39 is 0 Å². The average Bonchev–Trinajstić information content (AvgIpc) is 3.00. The normalized spacial score (nSPS) is 36.9. The molecule has 4 atom stereocenters. The minimum absolute atomic E-state index is 0.176. The van der Waals surface area contributed by atoms with Gasteiger partial charge in [-0.05, 0) is 88.9 Å². The fourth-order valence-electron chi connectivity index (χ4n) is 6.40. The van der Waals surface area contributed by atoms with E-state index in [0.717, 1.165) is 23.7 Å². The fraction of sp³-hybridized carbons (Fsp3) is 0.920. The smallest absolute Gasteiger partial charge is 0.400 e. The van der Waals surface area contributed by atoms with Crippen molar-refractivity contribution >= 4 is 7.12 Å². The van der Waals surface area contributed by atoms with E-state index in [9.17, 15) is 0 Å². The van der Waals surface area contributed by atoms with Crippen LogP contribution in [-0.4, -0.2) is 18.3 Å². The molecule has 0 bridgehead atoms. The zero-order valence-electron chi connectivity index (χ0n) is 19.9. The second-order valence-corrected chi connectivity index (χ2v) is 11.8. The molecule has 2 unspecified atom stereocenters. The highest BCUT2D eigenvalue weighted by atomic mass is 16.7. The lowest BCUT2D eigenvalue weighted by molar-refractivity contribution is 0.00578. The van der Waals surface area contributed by atoms with Crippen LogP contribution in [0.15, 0.2) is 11.5 Å². The van der Waals surface area contributed by atoms with Gasteiger partial charge in [0.05, 0.1) is 11.2 Å². The van der Waals surface area contributed by atoms with Gasteiger partial charge in [-0.2, -0.15) is 0 Å². The molecule has 1 saturated heterocycles. The lowest BCUT2D eigenvalue weighted by atomic mass is 9.59. The number of fused-ring (bicyclic) bond motifs is 1. The predicted octanol–water partition coefficient (Wildman–Crippen LogP) is 7.22. The van der Waals surface area contributed by atoms with Crippen LogP contribution < -0.4 is 0 Å². The summed E-state index contributed by atoms with van der Waals surface area (Å²) >= 11 is 0. The van der Waals surface area contributed by atoms with E-state index in [1.807, 2.05) is 0 Å². The summed E-state index contributed by atoms with van der Waals surface area (Å²) in [6.07, 6.45) is 10.9. The molecule has 0 aromatic rings. The van der Waals surface area contributed by atoms with Crippen molar-refractivity contribution in [2.24, 2.45) is 29.1 Å². The van der Waals surface area contributed by atoms with Gasteiger partial charge in [0.2, 0.25) is 0 Å². The molecule has 0 aromatic carbocycles. The number of hydrogen-bond acceptors (Lipinski definition) is 2. The molecular formula is C25H45BO2. The summed E-state index contributed by atoms with van der Waals surface area (Å²) in [4.78, 5) is 0. The molecule has 28 heavy (non-hydrogen) atoms. The standard InChI is InChI=1S/C25H45BO2/c1-18(2)11-9-12-19(3)21-14-15-22-20(13-10-16-25(21,22)8)17-26-27-23(4,5)24(6,7)28-26/h17-19,21-22H,9-16H2,1-8H3/b20-17+/t19-,21?,22?,25-/m1/s1. The molecule has 2 saturated carbocycles. The van der Waals surface area contributed by atoms with E-state index >= 15 is 0 Å². The van der Waals surface area contributed by atoms with Crippen molar-refractivity contribution < 1.29 is 9.31 Å². The van der Waals surface area contributed by atoms with Crippen LogP contribution >= 0.6 is 0 Å². The third-order valence-corrected chi connectivity index (χ3v) is 8.79. The highest BCUT2D eigenvalue weighted by Gasteiger charge is 2.53. The number of hydrogen-bond donors (Lipinski definition) is 0. The molecule has 3 aliphatic rings.